The molecule has 0 heterocycles. The Bertz CT molecular complexity index is 311. The lowest BCUT2D eigenvalue weighted by molar-refractivity contribution is 0.220. The maximum Gasteiger partial charge on any atom is 0.0689 e. The van der Waals surface area contributed by atoms with Crippen molar-refractivity contribution >= 4 is 0 Å². The second-order valence-electron chi connectivity index (χ2n) is 5.31. The second kappa shape index (κ2) is 8.14. The Morgan fingerprint density at radius 2 is 1.78 bits per heavy atom. The predicted octanol–water partition coefficient (Wildman–Crippen LogP) is 5.65. The molecule has 1 aliphatic rings. The van der Waals surface area contributed by atoms with Crippen molar-refractivity contribution in [2.45, 2.75) is 66.2 Å². The molecule has 1 heteroatoms. The fourth-order valence-corrected chi connectivity index (χ4v) is 2.66. The Labute approximate surface area is 114 Å². The van der Waals surface area contributed by atoms with E-state index in [9.17, 15) is 5.26 Å². The SMILES string of the molecule is C=C(C)CC(=C)C1CCC(C#N)(CC)CC1.CC. The fraction of sp³-hybridized carbons (Fsp3) is 0.706. The van der Waals surface area contributed by atoms with Crippen molar-refractivity contribution in [2.24, 2.45) is 11.3 Å². The van der Waals surface area contributed by atoms with Gasteiger partial charge in [-0.15, -0.1) is 0 Å². The molecule has 0 atom stereocenters. The average Bonchev–Trinajstić information content (AvgIpc) is 2.40. The van der Waals surface area contributed by atoms with E-state index in [4.69, 9.17) is 0 Å². The standard InChI is InChI=1S/C15H23N.C2H6/c1-5-15(11-16)8-6-14(7-9-15)13(4)10-12(2)3;1-2/h14H,2,4-10H2,1,3H3;1-2H3. The van der Waals surface area contributed by atoms with Gasteiger partial charge in [0.25, 0.3) is 0 Å². The van der Waals surface area contributed by atoms with Gasteiger partial charge in [0.15, 0.2) is 0 Å². The molecule has 0 aromatic rings. The molecule has 1 rings (SSSR count). The van der Waals surface area contributed by atoms with Crippen LogP contribution >= 0.6 is 0 Å². The lowest BCUT2D eigenvalue weighted by Crippen LogP contribution is -2.26. The molecule has 102 valence electrons. The Kier molecular flexibility index (Phi) is 7.67. The first-order valence-corrected chi connectivity index (χ1v) is 7.26. The van der Waals surface area contributed by atoms with Crippen LogP contribution in [0.5, 0.6) is 0 Å². The third-order valence-electron chi connectivity index (χ3n) is 3.96. The van der Waals surface area contributed by atoms with Crippen LogP contribution in [0, 0.1) is 22.7 Å². The first-order valence-electron chi connectivity index (χ1n) is 7.26. The summed E-state index contributed by atoms with van der Waals surface area (Å²) in [7, 11) is 0. The molecule has 0 radical (unpaired) electrons. The minimum Gasteiger partial charge on any atom is -0.198 e. The molecule has 1 fully saturated rings. The highest BCUT2D eigenvalue weighted by Gasteiger charge is 2.34. The lowest BCUT2D eigenvalue weighted by Gasteiger charge is -2.35. The number of nitrogens with zero attached hydrogens (tertiary/aromatic N) is 1. The molecule has 0 N–H and O–H groups in total. The quantitative estimate of drug-likeness (QED) is 0.589. The van der Waals surface area contributed by atoms with Crippen LogP contribution in [0.15, 0.2) is 24.3 Å². The molecule has 1 nitrogen and oxygen atoms in total. The molecule has 1 saturated carbocycles. The van der Waals surface area contributed by atoms with Crippen molar-refractivity contribution in [1.29, 1.82) is 5.26 Å². The van der Waals surface area contributed by atoms with Gasteiger partial charge in [0, 0.05) is 0 Å². The van der Waals surface area contributed by atoms with E-state index < -0.39 is 0 Å². The number of hydrogen-bond donors (Lipinski definition) is 0. The van der Waals surface area contributed by atoms with E-state index in [1.807, 2.05) is 13.8 Å². The van der Waals surface area contributed by atoms with Crippen molar-refractivity contribution in [3.8, 4) is 6.07 Å². The molecular formula is C17H29N. The number of rotatable bonds is 4. The molecule has 0 saturated heterocycles. The monoisotopic (exact) mass is 247 g/mol. The van der Waals surface area contributed by atoms with Gasteiger partial charge in [-0.25, -0.2) is 0 Å². The van der Waals surface area contributed by atoms with Crippen molar-refractivity contribution in [3.63, 3.8) is 0 Å². The number of nitriles is 1. The maximum atomic E-state index is 9.23. The van der Waals surface area contributed by atoms with Gasteiger partial charge in [-0.3, -0.25) is 0 Å². The molecule has 1 aliphatic carbocycles. The summed E-state index contributed by atoms with van der Waals surface area (Å²) in [5.74, 6) is 0.615. The summed E-state index contributed by atoms with van der Waals surface area (Å²) >= 11 is 0. The summed E-state index contributed by atoms with van der Waals surface area (Å²) in [4.78, 5) is 0. The molecule has 0 spiro atoms. The normalized spacial score (nSPS) is 26.5. The van der Waals surface area contributed by atoms with Crippen LogP contribution in [0.25, 0.3) is 0 Å². The van der Waals surface area contributed by atoms with Crippen LogP contribution in [-0.2, 0) is 0 Å². The van der Waals surface area contributed by atoms with Crippen molar-refractivity contribution < 1.29 is 0 Å². The van der Waals surface area contributed by atoms with Gasteiger partial charge in [0.2, 0.25) is 0 Å². The minimum atomic E-state index is -0.0417. The van der Waals surface area contributed by atoms with E-state index in [2.05, 4.69) is 33.1 Å². The summed E-state index contributed by atoms with van der Waals surface area (Å²) < 4.78 is 0. The molecule has 0 aromatic carbocycles. The van der Waals surface area contributed by atoms with Crippen LogP contribution in [0.1, 0.15) is 66.2 Å². The summed E-state index contributed by atoms with van der Waals surface area (Å²) in [6.07, 6.45) is 6.29. The van der Waals surface area contributed by atoms with Crippen LogP contribution in [0.4, 0.5) is 0 Å². The predicted molar refractivity (Wildman–Crippen MR) is 80.2 cm³/mol. The van der Waals surface area contributed by atoms with Gasteiger partial charge < -0.3 is 0 Å². The minimum absolute atomic E-state index is 0.0417. The first-order chi connectivity index (χ1) is 8.53. The van der Waals surface area contributed by atoms with Gasteiger partial charge in [0.05, 0.1) is 11.5 Å². The maximum absolute atomic E-state index is 9.23. The third-order valence-corrected chi connectivity index (χ3v) is 3.96. The van der Waals surface area contributed by atoms with Crippen LogP contribution < -0.4 is 0 Å². The Balaban J connectivity index is 0.00000137. The molecule has 0 bridgehead atoms. The zero-order chi connectivity index (χ0) is 14.2. The largest absolute Gasteiger partial charge is 0.198 e. The van der Waals surface area contributed by atoms with Crippen molar-refractivity contribution in [2.75, 3.05) is 0 Å². The highest BCUT2D eigenvalue weighted by atomic mass is 14.4. The van der Waals surface area contributed by atoms with Crippen LogP contribution in [-0.4, -0.2) is 0 Å². The molecular weight excluding hydrogens is 218 g/mol. The fourth-order valence-electron chi connectivity index (χ4n) is 2.66. The zero-order valence-corrected chi connectivity index (χ0v) is 12.7. The van der Waals surface area contributed by atoms with Crippen molar-refractivity contribution in [3.05, 3.63) is 24.3 Å². The highest BCUT2D eigenvalue weighted by Crippen LogP contribution is 2.43. The van der Waals surface area contributed by atoms with Crippen LogP contribution in [0.2, 0.25) is 0 Å². The van der Waals surface area contributed by atoms with Crippen molar-refractivity contribution in [1.82, 2.24) is 0 Å². The Morgan fingerprint density at radius 3 is 2.11 bits per heavy atom. The smallest absolute Gasteiger partial charge is 0.0689 e. The molecule has 0 aromatic heterocycles. The zero-order valence-electron chi connectivity index (χ0n) is 12.7. The third kappa shape index (κ3) is 4.69. The van der Waals surface area contributed by atoms with Gasteiger partial charge in [0.1, 0.15) is 0 Å². The molecule has 0 amide bonds. The highest BCUT2D eigenvalue weighted by molar-refractivity contribution is 5.13. The Hall–Kier alpha value is -1.03. The van der Waals surface area contributed by atoms with Gasteiger partial charge >= 0.3 is 0 Å². The van der Waals surface area contributed by atoms with Gasteiger partial charge in [-0.05, 0) is 51.4 Å². The first kappa shape index (κ1) is 17.0. The summed E-state index contributed by atoms with van der Waals surface area (Å²) in [6.45, 7) is 16.3. The number of allylic oxidation sites excluding steroid dienone is 2. The van der Waals surface area contributed by atoms with E-state index in [-0.39, 0.29) is 5.41 Å². The van der Waals surface area contributed by atoms with E-state index in [1.165, 1.54) is 11.1 Å². The van der Waals surface area contributed by atoms with E-state index in [0.717, 1.165) is 38.5 Å². The molecule has 0 aliphatic heterocycles. The van der Waals surface area contributed by atoms with E-state index in [1.54, 1.807) is 0 Å². The van der Waals surface area contributed by atoms with Gasteiger partial charge in [-0.2, -0.15) is 5.26 Å². The Morgan fingerprint density at radius 1 is 1.28 bits per heavy atom. The van der Waals surface area contributed by atoms with E-state index in [0.29, 0.717) is 5.92 Å². The van der Waals surface area contributed by atoms with Gasteiger partial charge in [-0.1, -0.05) is 45.1 Å². The average molecular weight is 247 g/mol. The topological polar surface area (TPSA) is 23.8 Å². The molecule has 0 unspecified atom stereocenters. The summed E-state index contributed by atoms with van der Waals surface area (Å²) in [5.41, 5.74) is 2.47. The van der Waals surface area contributed by atoms with Crippen LogP contribution in [0.3, 0.4) is 0 Å². The van der Waals surface area contributed by atoms with E-state index >= 15 is 0 Å². The second-order valence-corrected chi connectivity index (χ2v) is 5.31. The summed E-state index contributed by atoms with van der Waals surface area (Å²) in [5, 5.41) is 9.23. The number of hydrogen-bond acceptors (Lipinski definition) is 1. The molecule has 18 heavy (non-hydrogen) atoms. The lowest BCUT2D eigenvalue weighted by atomic mass is 9.68. The summed E-state index contributed by atoms with van der Waals surface area (Å²) in [6, 6.07) is 2.52.